The quantitative estimate of drug-likeness (QED) is 0.624. The Kier molecular flexibility index (Phi) is 7.78. The van der Waals surface area contributed by atoms with Crippen LogP contribution in [-0.4, -0.2) is 54.3 Å². The number of benzene rings is 1. The molecular formula is C16H16BrF3N4O3S. The molecule has 7 nitrogen and oxygen atoms in total. The first kappa shape index (κ1) is 22.1. The van der Waals surface area contributed by atoms with Crippen LogP contribution >= 0.6 is 27.3 Å². The lowest BCUT2D eigenvalue weighted by atomic mass is 10.2. The van der Waals surface area contributed by atoms with E-state index in [-0.39, 0.29) is 5.91 Å². The molecule has 0 atom stereocenters. The fraction of sp³-hybridized carbons (Fsp3) is 0.312. The van der Waals surface area contributed by atoms with Gasteiger partial charge in [-0.2, -0.15) is 13.2 Å². The molecule has 152 valence electrons. The van der Waals surface area contributed by atoms with E-state index in [1.807, 2.05) is 24.3 Å². The van der Waals surface area contributed by atoms with E-state index in [0.29, 0.717) is 9.61 Å². The van der Waals surface area contributed by atoms with Crippen LogP contribution in [0.25, 0.3) is 0 Å². The number of para-hydroxylation sites is 2. The van der Waals surface area contributed by atoms with Gasteiger partial charge >= 0.3 is 12.1 Å². The summed E-state index contributed by atoms with van der Waals surface area (Å²) in [5.74, 6) is -2.94. The number of aromatic nitrogens is 1. The number of piperazine rings is 1. The van der Waals surface area contributed by atoms with Crippen LogP contribution < -0.4 is 15.5 Å². The first-order chi connectivity index (χ1) is 13.2. The van der Waals surface area contributed by atoms with E-state index in [2.05, 4.69) is 36.4 Å². The third-order valence-electron chi connectivity index (χ3n) is 3.56. The molecule has 1 aliphatic rings. The number of hydrogen-bond acceptors (Lipinski definition) is 6. The number of carboxylic acid groups (broad SMARTS) is 1. The van der Waals surface area contributed by atoms with Gasteiger partial charge in [0.05, 0.1) is 11.4 Å². The maximum Gasteiger partial charge on any atom is 0.490 e. The minimum absolute atomic E-state index is 0.181. The smallest absolute Gasteiger partial charge is 0.475 e. The molecule has 1 saturated heterocycles. The number of aliphatic carboxylic acids is 1. The normalized spacial score (nSPS) is 14.1. The number of carbonyl (C=O) groups is 2. The maximum atomic E-state index is 12.2. The van der Waals surface area contributed by atoms with Gasteiger partial charge in [0.15, 0.2) is 3.92 Å². The highest BCUT2D eigenvalue weighted by molar-refractivity contribution is 9.11. The van der Waals surface area contributed by atoms with Gasteiger partial charge in [-0.25, -0.2) is 9.78 Å². The minimum Gasteiger partial charge on any atom is -0.475 e. The van der Waals surface area contributed by atoms with Gasteiger partial charge in [-0.3, -0.25) is 4.79 Å². The molecule has 28 heavy (non-hydrogen) atoms. The van der Waals surface area contributed by atoms with Gasteiger partial charge in [-0.05, 0) is 28.1 Å². The fourth-order valence-electron chi connectivity index (χ4n) is 2.30. The summed E-state index contributed by atoms with van der Waals surface area (Å²) in [7, 11) is 0. The Morgan fingerprint density at radius 2 is 1.86 bits per heavy atom. The Hall–Kier alpha value is -2.18. The second-order valence-electron chi connectivity index (χ2n) is 5.50. The predicted octanol–water partition coefficient (Wildman–Crippen LogP) is 3.20. The molecule has 0 aliphatic carbocycles. The molecule has 0 radical (unpaired) electrons. The number of thiazole rings is 1. The molecule has 1 aromatic carbocycles. The third kappa shape index (κ3) is 6.46. The number of carbonyl (C=O) groups excluding carboxylic acids is 1. The summed E-state index contributed by atoms with van der Waals surface area (Å²) in [6.07, 6.45) is -5.08. The van der Waals surface area contributed by atoms with Gasteiger partial charge in [0, 0.05) is 31.6 Å². The summed E-state index contributed by atoms with van der Waals surface area (Å²) in [5.41, 5.74) is 2.32. The second-order valence-corrected chi connectivity index (χ2v) is 7.63. The lowest BCUT2D eigenvalue weighted by Crippen LogP contribution is -2.43. The molecule has 0 spiro atoms. The predicted molar refractivity (Wildman–Crippen MR) is 103 cm³/mol. The van der Waals surface area contributed by atoms with Crippen molar-refractivity contribution in [1.29, 1.82) is 0 Å². The molecule has 1 fully saturated rings. The van der Waals surface area contributed by atoms with Crippen LogP contribution in [-0.2, 0) is 4.79 Å². The van der Waals surface area contributed by atoms with Crippen LogP contribution in [0.15, 0.2) is 33.6 Å². The molecule has 0 saturated carbocycles. The second kappa shape index (κ2) is 9.85. The highest BCUT2D eigenvalue weighted by Crippen LogP contribution is 2.26. The van der Waals surface area contributed by atoms with Crippen molar-refractivity contribution in [2.75, 3.05) is 36.4 Å². The van der Waals surface area contributed by atoms with E-state index in [4.69, 9.17) is 9.90 Å². The lowest BCUT2D eigenvalue weighted by molar-refractivity contribution is -0.192. The topological polar surface area (TPSA) is 94.6 Å². The molecule has 3 rings (SSSR count). The molecule has 2 heterocycles. The van der Waals surface area contributed by atoms with Crippen molar-refractivity contribution >= 4 is 50.5 Å². The summed E-state index contributed by atoms with van der Waals surface area (Å²) in [6.45, 7) is 3.80. The van der Waals surface area contributed by atoms with Gasteiger partial charge in [-0.15, -0.1) is 11.3 Å². The average Bonchev–Trinajstić information content (AvgIpc) is 3.09. The number of amides is 1. The summed E-state index contributed by atoms with van der Waals surface area (Å²) >= 11 is 4.68. The molecule has 0 unspecified atom stereocenters. The standard InChI is InChI=1S/C14H15BrN4OS.C2HF3O2/c15-14-18-11(9-21-14)13(20)17-10-3-1-2-4-12(10)19-7-5-16-6-8-19;3-2(4,5)1(6)7/h1-4,9,16H,5-8H2,(H,17,20);(H,6,7). The van der Waals surface area contributed by atoms with E-state index in [1.54, 1.807) is 5.38 Å². The van der Waals surface area contributed by atoms with Crippen molar-refractivity contribution < 1.29 is 27.9 Å². The van der Waals surface area contributed by atoms with Crippen LogP contribution in [0, 0.1) is 0 Å². The van der Waals surface area contributed by atoms with Gasteiger partial charge in [0.2, 0.25) is 0 Å². The largest absolute Gasteiger partial charge is 0.490 e. The van der Waals surface area contributed by atoms with E-state index < -0.39 is 12.1 Å². The number of halogens is 4. The molecule has 0 bridgehead atoms. The van der Waals surface area contributed by atoms with Crippen molar-refractivity contribution in [3.8, 4) is 0 Å². The molecule has 2 aromatic rings. The van der Waals surface area contributed by atoms with Crippen LogP contribution in [0.4, 0.5) is 24.5 Å². The van der Waals surface area contributed by atoms with Crippen molar-refractivity contribution in [1.82, 2.24) is 10.3 Å². The van der Waals surface area contributed by atoms with E-state index in [9.17, 15) is 18.0 Å². The highest BCUT2D eigenvalue weighted by Gasteiger charge is 2.38. The average molecular weight is 481 g/mol. The fourth-order valence-corrected chi connectivity index (χ4v) is 3.29. The number of nitrogens with zero attached hydrogens (tertiary/aromatic N) is 2. The third-order valence-corrected chi connectivity index (χ3v) is 4.93. The van der Waals surface area contributed by atoms with Crippen molar-refractivity contribution in [2.45, 2.75) is 6.18 Å². The van der Waals surface area contributed by atoms with Gasteiger partial charge in [0.25, 0.3) is 5.91 Å². The van der Waals surface area contributed by atoms with Gasteiger partial charge < -0.3 is 20.6 Å². The Labute approximate surface area is 170 Å². The first-order valence-electron chi connectivity index (χ1n) is 7.95. The molecule has 1 aromatic heterocycles. The van der Waals surface area contributed by atoms with E-state index >= 15 is 0 Å². The van der Waals surface area contributed by atoms with Gasteiger partial charge in [-0.1, -0.05) is 12.1 Å². The van der Waals surface area contributed by atoms with Crippen molar-refractivity contribution in [3.63, 3.8) is 0 Å². The van der Waals surface area contributed by atoms with Crippen LogP contribution in [0.1, 0.15) is 10.5 Å². The summed E-state index contributed by atoms with van der Waals surface area (Å²) in [6, 6.07) is 7.89. The van der Waals surface area contributed by atoms with E-state index in [1.165, 1.54) is 11.3 Å². The van der Waals surface area contributed by atoms with Crippen molar-refractivity contribution in [2.24, 2.45) is 0 Å². The first-order valence-corrected chi connectivity index (χ1v) is 9.63. The zero-order valence-electron chi connectivity index (χ0n) is 14.3. The number of rotatable bonds is 3. The maximum absolute atomic E-state index is 12.2. The number of hydrogen-bond donors (Lipinski definition) is 3. The molecule has 3 N–H and O–H groups in total. The molecular weight excluding hydrogens is 465 g/mol. The molecule has 1 amide bonds. The van der Waals surface area contributed by atoms with Crippen LogP contribution in [0.2, 0.25) is 0 Å². The zero-order valence-corrected chi connectivity index (χ0v) is 16.7. The Morgan fingerprint density at radius 1 is 1.25 bits per heavy atom. The van der Waals surface area contributed by atoms with Crippen LogP contribution in [0.3, 0.4) is 0 Å². The number of alkyl halides is 3. The van der Waals surface area contributed by atoms with Gasteiger partial charge in [0.1, 0.15) is 5.69 Å². The van der Waals surface area contributed by atoms with E-state index in [0.717, 1.165) is 37.6 Å². The summed E-state index contributed by atoms with van der Waals surface area (Å²) < 4.78 is 32.4. The molecule has 12 heteroatoms. The monoisotopic (exact) mass is 480 g/mol. The number of carboxylic acids is 1. The summed E-state index contributed by atoms with van der Waals surface area (Å²) in [4.78, 5) is 27.6. The van der Waals surface area contributed by atoms with Crippen molar-refractivity contribution in [3.05, 3.63) is 39.3 Å². The molecule has 1 aliphatic heterocycles. The Morgan fingerprint density at radius 3 is 2.39 bits per heavy atom. The zero-order chi connectivity index (χ0) is 20.7. The number of nitrogens with one attached hydrogen (secondary N) is 2. The lowest BCUT2D eigenvalue weighted by Gasteiger charge is -2.31. The van der Waals surface area contributed by atoms with Crippen LogP contribution in [0.5, 0.6) is 0 Å². The highest BCUT2D eigenvalue weighted by atomic mass is 79.9. The SMILES string of the molecule is O=C(Nc1ccccc1N1CCNCC1)c1csc(Br)n1.O=C(O)C(F)(F)F. The minimum atomic E-state index is -5.08. The Balaban J connectivity index is 0.000000345. The Bertz CT molecular complexity index is 825. The summed E-state index contributed by atoms with van der Waals surface area (Å²) in [5, 5.41) is 15.2. The number of anilines is 2.